The fraction of sp³-hybridized carbons (Fsp3) is 0.200. The second kappa shape index (κ2) is 5.22. The average molecular weight is 327 g/mol. The third kappa shape index (κ3) is 2.65. The van der Waals surface area contributed by atoms with Crippen molar-refractivity contribution in [2.24, 2.45) is 0 Å². The van der Waals surface area contributed by atoms with Crippen LogP contribution in [0.1, 0.15) is 17.4 Å². The molecule has 0 aliphatic rings. The van der Waals surface area contributed by atoms with Gasteiger partial charge in [-0.05, 0) is 15.9 Å². The van der Waals surface area contributed by atoms with E-state index in [9.17, 15) is 9.59 Å². The van der Waals surface area contributed by atoms with Crippen LogP contribution in [0.25, 0.3) is 0 Å². The third-order valence-electron chi connectivity index (χ3n) is 2.39. The molecular formula is C10H11BrN6O2. The number of nitrogens with zero attached hydrogens (tertiary/aromatic N) is 3. The van der Waals surface area contributed by atoms with Gasteiger partial charge in [0.1, 0.15) is 5.69 Å². The van der Waals surface area contributed by atoms with Crippen LogP contribution in [0.3, 0.4) is 0 Å². The van der Waals surface area contributed by atoms with Gasteiger partial charge in [0.25, 0.3) is 5.91 Å². The van der Waals surface area contributed by atoms with Gasteiger partial charge >= 0.3 is 0 Å². The largest absolute Gasteiger partial charge is 0.308 e. The summed E-state index contributed by atoms with van der Waals surface area (Å²) in [6, 6.07) is 0. The number of amides is 2. The zero-order valence-corrected chi connectivity index (χ0v) is 11.8. The van der Waals surface area contributed by atoms with Crippen LogP contribution in [-0.4, -0.2) is 39.3 Å². The number of aromatic amines is 2. The van der Waals surface area contributed by atoms with Crippen LogP contribution in [0, 0.1) is 0 Å². The van der Waals surface area contributed by atoms with Crippen LogP contribution in [0.4, 0.5) is 11.5 Å². The predicted molar refractivity (Wildman–Crippen MR) is 71.9 cm³/mol. The fourth-order valence-corrected chi connectivity index (χ4v) is 1.88. The monoisotopic (exact) mass is 326 g/mol. The highest BCUT2D eigenvalue weighted by molar-refractivity contribution is 9.10. The van der Waals surface area contributed by atoms with E-state index in [1.807, 2.05) is 0 Å². The molecule has 3 N–H and O–H groups in total. The van der Waals surface area contributed by atoms with Crippen molar-refractivity contribution in [3.8, 4) is 0 Å². The Morgan fingerprint density at radius 2 is 2.21 bits per heavy atom. The van der Waals surface area contributed by atoms with E-state index < -0.39 is 0 Å². The summed E-state index contributed by atoms with van der Waals surface area (Å²) in [6.07, 6.45) is 3.12. The Balaban J connectivity index is 2.25. The van der Waals surface area contributed by atoms with Gasteiger partial charge in [-0.1, -0.05) is 0 Å². The lowest BCUT2D eigenvalue weighted by atomic mass is 10.3. The first-order chi connectivity index (χ1) is 9.00. The highest BCUT2D eigenvalue weighted by Crippen LogP contribution is 2.25. The lowest BCUT2D eigenvalue weighted by Crippen LogP contribution is -2.26. The van der Waals surface area contributed by atoms with E-state index in [4.69, 9.17) is 0 Å². The summed E-state index contributed by atoms with van der Waals surface area (Å²) in [5.41, 5.74) is 0.861. The Morgan fingerprint density at radius 1 is 1.47 bits per heavy atom. The number of rotatable bonds is 3. The van der Waals surface area contributed by atoms with E-state index in [0.717, 1.165) is 0 Å². The molecule has 0 aliphatic heterocycles. The van der Waals surface area contributed by atoms with E-state index in [1.54, 1.807) is 13.2 Å². The summed E-state index contributed by atoms with van der Waals surface area (Å²) in [4.78, 5) is 24.6. The van der Waals surface area contributed by atoms with Crippen molar-refractivity contribution in [3.63, 3.8) is 0 Å². The Kier molecular flexibility index (Phi) is 3.65. The Labute approximate surface area is 116 Å². The summed E-state index contributed by atoms with van der Waals surface area (Å²) < 4.78 is 0.406. The van der Waals surface area contributed by atoms with Crippen molar-refractivity contribution in [3.05, 3.63) is 22.6 Å². The van der Waals surface area contributed by atoms with Gasteiger partial charge in [0.05, 0.1) is 16.4 Å². The topological polar surface area (TPSA) is 107 Å². The zero-order chi connectivity index (χ0) is 14.0. The van der Waals surface area contributed by atoms with Gasteiger partial charge in [0.2, 0.25) is 5.91 Å². The maximum Gasteiger partial charge on any atom is 0.277 e. The second-order valence-electron chi connectivity index (χ2n) is 3.76. The van der Waals surface area contributed by atoms with Crippen LogP contribution in [0.5, 0.6) is 0 Å². The van der Waals surface area contributed by atoms with Gasteiger partial charge in [0.15, 0.2) is 5.82 Å². The van der Waals surface area contributed by atoms with Gasteiger partial charge in [0, 0.05) is 20.2 Å². The minimum absolute atomic E-state index is 0.243. The Hall–Kier alpha value is -2.16. The summed E-state index contributed by atoms with van der Waals surface area (Å²) >= 11 is 3.23. The first-order valence-corrected chi connectivity index (χ1v) is 6.08. The van der Waals surface area contributed by atoms with Crippen molar-refractivity contribution >= 4 is 39.2 Å². The number of H-pyrrole nitrogens is 2. The molecule has 0 bridgehead atoms. The summed E-state index contributed by atoms with van der Waals surface area (Å²) in [5, 5.41) is 15.4. The molecule has 0 aliphatic carbocycles. The highest BCUT2D eigenvalue weighted by Gasteiger charge is 2.22. The number of halogens is 1. The molecule has 0 atom stereocenters. The summed E-state index contributed by atoms with van der Waals surface area (Å²) in [6.45, 7) is 1.36. The van der Waals surface area contributed by atoms with Crippen molar-refractivity contribution in [1.82, 2.24) is 20.4 Å². The standard InChI is InChI=1S/C10H11BrN6O2/c1-5(18)14-9-7(11)8(15-16-9)10(19)17(2)6-3-12-13-4-6/h3-4H,1-2H3,(H,12,13)(H2,14,15,16,18). The molecule has 0 unspecified atom stereocenters. The minimum atomic E-state index is -0.308. The summed E-state index contributed by atoms with van der Waals surface area (Å²) in [7, 11) is 1.61. The number of anilines is 2. The van der Waals surface area contributed by atoms with Crippen molar-refractivity contribution in [2.75, 3.05) is 17.3 Å². The first-order valence-electron chi connectivity index (χ1n) is 5.29. The Morgan fingerprint density at radius 3 is 2.79 bits per heavy atom. The molecule has 0 saturated heterocycles. The van der Waals surface area contributed by atoms with Gasteiger partial charge in [-0.15, -0.1) is 0 Å². The average Bonchev–Trinajstić information content (AvgIpc) is 2.98. The van der Waals surface area contributed by atoms with Crippen LogP contribution in [-0.2, 0) is 4.79 Å². The molecule has 0 radical (unpaired) electrons. The number of carbonyl (C=O) groups is 2. The maximum absolute atomic E-state index is 12.2. The molecule has 2 heterocycles. The molecule has 2 rings (SSSR count). The van der Waals surface area contributed by atoms with Crippen molar-refractivity contribution < 1.29 is 9.59 Å². The molecule has 2 amide bonds. The lowest BCUT2D eigenvalue weighted by Gasteiger charge is -2.13. The van der Waals surface area contributed by atoms with Gasteiger partial charge in [-0.3, -0.25) is 19.8 Å². The lowest BCUT2D eigenvalue weighted by molar-refractivity contribution is -0.114. The number of nitrogens with one attached hydrogen (secondary N) is 3. The quantitative estimate of drug-likeness (QED) is 0.785. The number of hydrogen-bond donors (Lipinski definition) is 3. The van der Waals surface area contributed by atoms with Crippen molar-refractivity contribution in [2.45, 2.75) is 6.92 Å². The van der Waals surface area contributed by atoms with Crippen LogP contribution in [0.2, 0.25) is 0 Å². The van der Waals surface area contributed by atoms with Crippen LogP contribution < -0.4 is 10.2 Å². The van der Waals surface area contributed by atoms with Gasteiger partial charge < -0.3 is 10.2 Å². The Bertz CT molecular complexity index is 606. The van der Waals surface area contributed by atoms with Crippen molar-refractivity contribution in [1.29, 1.82) is 0 Å². The molecule has 0 fully saturated rings. The van der Waals surface area contributed by atoms with E-state index in [1.165, 1.54) is 18.0 Å². The molecule has 19 heavy (non-hydrogen) atoms. The fourth-order valence-electron chi connectivity index (χ4n) is 1.43. The number of carbonyl (C=O) groups excluding carboxylic acids is 2. The molecule has 9 heteroatoms. The zero-order valence-electron chi connectivity index (χ0n) is 10.2. The maximum atomic E-state index is 12.2. The van der Waals surface area contributed by atoms with Gasteiger partial charge in [-0.25, -0.2) is 0 Å². The molecular weight excluding hydrogens is 316 g/mol. The van der Waals surface area contributed by atoms with E-state index in [-0.39, 0.29) is 23.3 Å². The summed E-state index contributed by atoms with van der Waals surface area (Å²) in [5.74, 6) is -0.303. The number of hydrogen-bond acceptors (Lipinski definition) is 4. The predicted octanol–water partition coefficient (Wildman–Crippen LogP) is 1.13. The highest BCUT2D eigenvalue weighted by atomic mass is 79.9. The van der Waals surface area contributed by atoms with E-state index >= 15 is 0 Å². The number of aromatic nitrogens is 4. The minimum Gasteiger partial charge on any atom is -0.308 e. The molecule has 8 nitrogen and oxygen atoms in total. The molecule has 2 aromatic heterocycles. The molecule has 0 saturated carbocycles. The molecule has 0 spiro atoms. The molecule has 100 valence electrons. The normalized spacial score (nSPS) is 10.3. The first kappa shape index (κ1) is 13.3. The van der Waals surface area contributed by atoms with Gasteiger partial charge in [-0.2, -0.15) is 10.2 Å². The van der Waals surface area contributed by atoms with Crippen LogP contribution in [0.15, 0.2) is 16.9 Å². The van der Waals surface area contributed by atoms with E-state index in [0.29, 0.717) is 10.2 Å². The van der Waals surface area contributed by atoms with Crippen LogP contribution >= 0.6 is 15.9 Å². The van der Waals surface area contributed by atoms with E-state index in [2.05, 4.69) is 41.6 Å². The smallest absolute Gasteiger partial charge is 0.277 e. The SMILES string of the molecule is CC(=O)Nc1n[nH]c(C(=O)N(C)c2cn[nH]c2)c1Br. The molecule has 0 aromatic carbocycles. The molecule has 2 aromatic rings. The third-order valence-corrected chi connectivity index (χ3v) is 3.16. The second-order valence-corrected chi connectivity index (χ2v) is 4.56.